The fraction of sp³-hybridized carbons (Fsp3) is 0.273. The highest BCUT2D eigenvalue weighted by atomic mass is 35.5. The van der Waals surface area contributed by atoms with E-state index in [0.29, 0.717) is 10.7 Å². The normalized spacial score (nSPS) is 12.7. The van der Waals surface area contributed by atoms with Gasteiger partial charge in [-0.1, -0.05) is 11.6 Å². The molecule has 0 radical (unpaired) electrons. The summed E-state index contributed by atoms with van der Waals surface area (Å²) in [6, 6.07) is 6.08. The van der Waals surface area contributed by atoms with E-state index in [0.717, 1.165) is 6.92 Å². The summed E-state index contributed by atoms with van der Waals surface area (Å²) in [5, 5.41) is 9.83. The predicted octanol–water partition coefficient (Wildman–Crippen LogP) is 1.17. The zero-order valence-electron chi connectivity index (χ0n) is 9.96. The highest BCUT2D eigenvalue weighted by Crippen LogP contribution is 2.13. The molecule has 0 saturated carbocycles. The maximum absolute atomic E-state index is 11.6. The highest BCUT2D eigenvalue weighted by Gasteiger charge is 2.29. The number of anilines is 1. The van der Waals surface area contributed by atoms with Gasteiger partial charge in [0.2, 0.25) is 5.91 Å². The van der Waals surface area contributed by atoms with Crippen molar-refractivity contribution >= 4 is 39.0 Å². The molecule has 0 spiro atoms. The van der Waals surface area contributed by atoms with Crippen LogP contribution >= 0.6 is 11.6 Å². The van der Waals surface area contributed by atoms with Gasteiger partial charge in [-0.25, -0.2) is 8.42 Å². The molecule has 2 N–H and O–H groups in total. The van der Waals surface area contributed by atoms with E-state index in [1.54, 1.807) is 0 Å². The van der Waals surface area contributed by atoms with Crippen LogP contribution in [-0.2, 0) is 19.4 Å². The van der Waals surface area contributed by atoms with Gasteiger partial charge >= 0.3 is 5.97 Å². The van der Waals surface area contributed by atoms with Crippen molar-refractivity contribution in [3.8, 4) is 0 Å². The molecule has 19 heavy (non-hydrogen) atoms. The smallest absolute Gasteiger partial charge is 0.321 e. The molecule has 1 aromatic carbocycles. The number of carbonyl (C=O) groups excluding carboxylic acids is 1. The summed E-state index contributed by atoms with van der Waals surface area (Å²) in [4.78, 5) is 22.1. The SMILES string of the molecule is CC(C(=O)O)S(=O)(=O)CC(=O)Nc1ccc(Cl)cc1. The molecule has 1 aromatic rings. The van der Waals surface area contributed by atoms with Crippen LogP contribution in [0.4, 0.5) is 5.69 Å². The van der Waals surface area contributed by atoms with Crippen molar-refractivity contribution in [1.29, 1.82) is 0 Å². The Kier molecular flexibility index (Phi) is 4.90. The second-order valence-corrected chi connectivity index (χ2v) is 6.60. The maximum atomic E-state index is 11.6. The van der Waals surface area contributed by atoms with Gasteiger partial charge in [-0.2, -0.15) is 0 Å². The lowest BCUT2D eigenvalue weighted by atomic mass is 10.3. The maximum Gasteiger partial charge on any atom is 0.321 e. The summed E-state index contributed by atoms with van der Waals surface area (Å²) in [7, 11) is -4.02. The molecule has 8 heteroatoms. The number of aliphatic carboxylic acids is 1. The van der Waals surface area contributed by atoms with Crippen LogP contribution in [0.1, 0.15) is 6.92 Å². The number of benzene rings is 1. The van der Waals surface area contributed by atoms with Gasteiger partial charge in [0.25, 0.3) is 0 Å². The molecule has 0 heterocycles. The quantitative estimate of drug-likeness (QED) is 0.850. The van der Waals surface area contributed by atoms with E-state index in [1.165, 1.54) is 24.3 Å². The van der Waals surface area contributed by atoms with Gasteiger partial charge in [0, 0.05) is 10.7 Å². The van der Waals surface area contributed by atoms with Crippen molar-refractivity contribution in [3.63, 3.8) is 0 Å². The molecule has 1 rings (SSSR count). The number of sulfone groups is 1. The third-order valence-corrected chi connectivity index (χ3v) is 4.54. The molecule has 0 aromatic heterocycles. The van der Waals surface area contributed by atoms with Crippen molar-refractivity contribution in [2.24, 2.45) is 0 Å². The zero-order chi connectivity index (χ0) is 14.6. The monoisotopic (exact) mass is 305 g/mol. The highest BCUT2D eigenvalue weighted by molar-refractivity contribution is 7.93. The third kappa shape index (κ3) is 4.53. The Morgan fingerprint density at radius 3 is 2.32 bits per heavy atom. The van der Waals surface area contributed by atoms with Crippen molar-refractivity contribution in [2.75, 3.05) is 11.1 Å². The molecular weight excluding hydrogens is 294 g/mol. The van der Waals surface area contributed by atoms with Crippen molar-refractivity contribution in [3.05, 3.63) is 29.3 Å². The minimum absolute atomic E-state index is 0.382. The number of halogens is 1. The van der Waals surface area contributed by atoms with Gasteiger partial charge < -0.3 is 10.4 Å². The predicted molar refractivity (Wildman–Crippen MR) is 71.0 cm³/mol. The molecule has 1 amide bonds. The van der Waals surface area contributed by atoms with Gasteiger partial charge in [0.05, 0.1) is 0 Å². The summed E-state index contributed by atoms with van der Waals surface area (Å²) >= 11 is 5.66. The molecule has 6 nitrogen and oxygen atoms in total. The fourth-order valence-electron chi connectivity index (χ4n) is 1.19. The first kappa shape index (κ1) is 15.5. The van der Waals surface area contributed by atoms with E-state index in [-0.39, 0.29) is 0 Å². The van der Waals surface area contributed by atoms with Crippen LogP contribution in [0.15, 0.2) is 24.3 Å². The molecular formula is C11H12ClNO5S. The zero-order valence-corrected chi connectivity index (χ0v) is 11.5. The lowest BCUT2D eigenvalue weighted by Gasteiger charge is -2.09. The third-order valence-electron chi connectivity index (χ3n) is 2.35. The summed E-state index contributed by atoms with van der Waals surface area (Å²) in [5.74, 6) is -3.17. The lowest BCUT2D eigenvalue weighted by molar-refractivity contribution is -0.136. The first-order chi connectivity index (χ1) is 8.72. The van der Waals surface area contributed by atoms with Gasteiger partial charge in [-0.15, -0.1) is 0 Å². The number of carboxylic acid groups (broad SMARTS) is 1. The Bertz CT molecular complexity index is 582. The minimum Gasteiger partial charge on any atom is -0.480 e. The first-order valence-electron chi connectivity index (χ1n) is 5.22. The Morgan fingerprint density at radius 2 is 1.84 bits per heavy atom. The number of hydrogen-bond donors (Lipinski definition) is 2. The molecule has 0 saturated heterocycles. The molecule has 0 aliphatic carbocycles. The van der Waals surface area contributed by atoms with Crippen LogP contribution in [0.25, 0.3) is 0 Å². The van der Waals surface area contributed by atoms with Crippen LogP contribution < -0.4 is 5.32 Å². The van der Waals surface area contributed by atoms with E-state index in [9.17, 15) is 18.0 Å². The van der Waals surface area contributed by atoms with Crippen LogP contribution in [0.3, 0.4) is 0 Å². The molecule has 0 aliphatic rings. The number of nitrogens with one attached hydrogen (secondary N) is 1. The molecule has 0 bridgehead atoms. The molecule has 1 unspecified atom stereocenters. The van der Waals surface area contributed by atoms with Crippen LogP contribution in [0.2, 0.25) is 5.02 Å². The molecule has 104 valence electrons. The van der Waals surface area contributed by atoms with E-state index >= 15 is 0 Å². The second kappa shape index (κ2) is 6.03. The fourth-order valence-corrected chi connectivity index (χ4v) is 2.31. The Hall–Kier alpha value is -1.60. The summed E-state index contributed by atoms with van der Waals surface area (Å²) in [5.41, 5.74) is 0.382. The summed E-state index contributed by atoms with van der Waals surface area (Å²) in [6.45, 7) is 1.02. The van der Waals surface area contributed by atoms with E-state index in [4.69, 9.17) is 16.7 Å². The summed E-state index contributed by atoms with van der Waals surface area (Å²) < 4.78 is 23.1. The largest absolute Gasteiger partial charge is 0.480 e. The summed E-state index contributed by atoms with van der Waals surface area (Å²) in [6.07, 6.45) is 0. The number of carbonyl (C=O) groups is 2. The standard InChI is InChI=1S/C11H12ClNO5S/c1-7(11(15)16)19(17,18)6-10(14)13-9-4-2-8(12)3-5-9/h2-5,7H,6H2,1H3,(H,13,14)(H,15,16). The van der Waals surface area contributed by atoms with Gasteiger partial charge in [-0.05, 0) is 31.2 Å². The number of carboxylic acids is 1. The number of rotatable bonds is 5. The minimum atomic E-state index is -4.02. The van der Waals surface area contributed by atoms with Gasteiger partial charge in [0.1, 0.15) is 5.75 Å². The van der Waals surface area contributed by atoms with E-state index in [1.807, 2.05) is 0 Å². The van der Waals surface area contributed by atoms with E-state index in [2.05, 4.69) is 5.32 Å². The van der Waals surface area contributed by atoms with E-state index < -0.39 is 32.7 Å². The lowest BCUT2D eigenvalue weighted by Crippen LogP contribution is -2.34. The van der Waals surface area contributed by atoms with Crippen LogP contribution in [0.5, 0.6) is 0 Å². The van der Waals surface area contributed by atoms with Crippen LogP contribution in [-0.4, -0.2) is 36.4 Å². The van der Waals surface area contributed by atoms with Crippen LogP contribution in [0, 0.1) is 0 Å². The Labute approximate surface area is 115 Å². The number of hydrogen-bond acceptors (Lipinski definition) is 4. The van der Waals surface area contributed by atoms with Gasteiger partial charge in [-0.3, -0.25) is 9.59 Å². The second-order valence-electron chi connectivity index (χ2n) is 3.84. The van der Waals surface area contributed by atoms with Crippen molar-refractivity contribution in [1.82, 2.24) is 0 Å². The van der Waals surface area contributed by atoms with Gasteiger partial charge in [0.15, 0.2) is 15.1 Å². The first-order valence-corrected chi connectivity index (χ1v) is 7.31. The Morgan fingerprint density at radius 1 is 1.32 bits per heavy atom. The molecule has 0 aliphatic heterocycles. The number of amides is 1. The molecule has 0 fully saturated rings. The Balaban J connectivity index is 2.70. The molecule has 1 atom stereocenters. The average molecular weight is 306 g/mol. The topological polar surface area (TPSA) is 101 Å². The van der Waals surface area contributed by atoms with Crippen molar-refractivity contribution in [2.45, 2.75) is 12.2 Å². The van der Waals surface area contributed by atoms with Crippen molar-refractivity contribution < 1.29 is 23.1 Å². The average Bonchev–Trinajstić information content (AvgIpc) is 2.30.